The molecule has 0 aliphatic carbocycles. The third-order valence-electron chi connectivity index (χ3n) is 1.99. The highest BCUT2D eigenvalue weighted by Gasteiger charge is 2.30. The van der Waals surface area contributed by atoms with Crippen molar-refractivity contribution in [2.24, 2.45) is 5.92 Å². The first kappa shape index (κ1) is 10.4. The molecule has 0 aromatic carbocycles. The van der Waals surface area contributed by atoms with Gasteiger partial charge in [0.25, 0.3) is 0 Å². The van der Waals surface area contributed by atoms with Crippen LogP contribution >= 0.6 is 0 Å². The maximum absolute atomic E-state index is 12.2. The zero-order chi connectivity index (χ0) is 10.1. The van der Waals surface area contributed by atoms with Gasteiger partial charge in [-0.15, -0.1) is 0 Å². The molecule has 1 amide bonds. The Morgan fingerprint density at radius 1 is 1.69 bits per heavy atom. The molecule has 76 valence electrons. The van der Waals surface area contributed by atoms with Crippen LogP contribution in [0.1, 0.15) is 13.3 Å². The molecule has 1 saturated heterocycles. The summed E-state index contributed by atoms with van der Waals surface area (Å²) in [6, 6.07) is 0. The monoisotopic (exact) mass is 193 g/mol. The Labute approximate surface area is 75.7 Å². The summed E-state index contributed by atoms with van der Waals surface area (Å²) in [5.74, 6) is -0.101. The second-order valence-corrected chi connectivity index (χ2v) is 3.46. The second kappa shape index (κ2) is 3.57. The number of rotatable bonds is 3. The van der Waals surface area contributed by atoms with Gasteiger partial charge in [-0.05, 0) is 0 Å². The van der Waals surface area contributed by atoms with Crippen molar-refractivity contribution < 1.29 is 18.3 Å². The van der Waals surface area contributed by atoms with Crippen LogP contribution in [0, 0.1) is 5.92 Å². The molecular formula is C8H13F2NO2. The standard InChI is InChI=1S/C8H13F2NO2/c1-8(9,10)13-5-6-3-7(12)11(2)4-6/h6H,3-5H2,1-2H3. The van der Waals surface area contributed by atoms with Crippen LogP contribution in [-0.4, -0.2) is 37.1 Å². The smallest absolute Gasteiger partial charge is 0.345 e. The van der Waals surface area contributed by atoms with E-state index in [9.17, 15) is 13.6 Å². The third kappa shape index (κ3) is 3.26. The minimum atomic E-state index is -3.09. The van der Waals surface area contributed by atoms with Gasteiger partial charge in [0.15, 0.2) is 0 Å². The van der Waals surface area contributed by atoms with Gasteiger partial charge in [-0.25, -0.2) is 0 Å². The van der Waals surface area contributed by atoms with Crippen LogP contribution < -0.4 is 0 Å². The highest BCUT2D eigenvalue weighted by molar-refractivity contribution is 5.78. The Morgan fingerprint density at radius 2 is 2.31 bits per heavy atom. The highest BCUT2D eigenvalue weighted by Crippen LogP contribution is 2.20. The molecule has 13 heavy (non-hydrogen) atoms. The first-order valence-corrected chi connectivity index (χ1v) is 4.14. The molecule has 1 unspecified atom stereocenters. The quantitative estimate of drug-likeness (QED) is 0.671. The lowest BCUT2D eigenvalue weighted by Crippen LogP contribution is -2.23. The van der Waals surface area contributed by atoms with Crippen molar-refractivity contribution in [2.75, 3.05) is 20.2 Å². The van der Waals surface area contributed by atoms with E-state index >= 15 is 0 Å². The van der Waals surface area contributed by atoms with Crippen molar-refractivity contribution in [2.45, 2.75) is 19.5 Å². The number of hydrogen-bond donors (Lipinski definition) is 0. The molecule has 0 spiro atoms. The summed E-state index contributed by atoms with van der Waals surface area (Å²) >= 11 is 0. The number of halogens is 2. The van der Waals surface area contributed by atoms with E-state index in [0.29, 0.717) is 19.9 Å². The summed E-state index contributed by atoms with van der Waals surface area (Å²) in [5, 5.41) is 0. The topological polar surface area (TPSA) is 29.5 Å². The van der Waals surface area contributed by atoms with E-state index in [4.69, 9.17) is 0 Å². The number of carbonyl (C=O) groups is 1. The van der Waals surface area contributed by atoms with Gasteiger partial charge >= 0.3 is 6.11 Å². The fraction of sp³-hybridized carbons (Fsp3) is 0.875. The number of alkyl halides is 2. The predicted molar refractivity (Wildman–Crippen MR) is 42.3 cm³/mol. The Hall–Kier alpha value is -0.710. The van der Waals surface area contributed by atoms with Crippen LogP contribution in [0.2, 0.25) is 0 Å². The summed E-state index contributed by atoms with van der Waals surface area (Å²) in [6.07, 6.45) is -2.78. The molecule has 0 saturated carbocycles. The minimum Gasteiger partial charge on any atom is -0.345 e. The largest absolute Gasteiger partial charge is 0.352 e. The number of carbonyl (C=O) groups excluding carboxylic acids is 1. The third-order valence-corrected chi connectivity index (χ3v) is 1.99. The summed E-state index contributed by atoms with van der Waals surface area (Å²) in [5.41, 5.74) is 0. The first-order valence-electron chi connectivity index (χ1n) is 4.14. The molecule has 0 aromatic rings. The predicted octanol–water partition coefficient (Wildman–Crippen LogP) is 1.09. The van der Waals surface area contributed by atoms with Gasteiger partial charge < -0.3 is 9.64 Å². The summed E-state index contributed by atoms with van der Waals surface area (Å²) in [6.45, 7) is 1.15. The van der Waals surface area contributed by atoms with E-state index in [2.05, 4.69) is 4.74 Å². The molecule has 0 radical (unpaired) electrons. The van der Waals surface area contributed by atoms with Crippen molar-refractivity contribution in [3.05, 3.63) is 0 Å². The van der Waals surface area contributed by atoms with E-state index in [0.717, 1.165) is 0 Å². The average Bonchev–Trinajstić information content (AvgIpc) is 2.27. The van der Waals surface area contributed by atoms with E-state index in [-0.39, 0.29) is 18.4 Å². The molecule has 1 fully saturated rings. The minimum absolute atomic E-state index is 0.00646. The number of likely N-dealkylation sites (tertiary alicyclic amines) is 1. The molecule has 0 bridgehead atoms. The molecule has 0 N–H and O–H groups in total. The van der Waals surface area contributed by atoms with Gasteiger partial charge in [0.1, 0.15) is 0 Å². The number of nitrogens with zero attached hydrogens (tertiary/aromatic N) is 1. The zero-order valence-electron chi connectivity index (χ0n) is 7.72. The van der Waals surface area contributed by atoms with Gasteiger partial charge in [0.2, 0.25) is 5.91 Å². The number of amides is 1. The maximum atomic E-state index is 12.2. The summed E-state index contributed by atoms with van der Waals surface area (Å²) < 4.78 is 28.8. The van der Waals surface area contributed by atoms with Crippen molar-refractivity contribution in [1.82, 2.24) is 4.90 Å². The molecule has 1 rings (SSSR count). The van der Waals surface area contributed by atoms with Crippen LogP contribution in [0.25, 0.3) is 0 Å². The Morgan fingerprint density at radius 3 is 2.69 bits per heavy atom. The Balaban J connectivity index is 2.29. The van der Waals surface area contributed by atoms with Crippen LogP contribution in [0.5, 0.6) is 0 Å². The van der Waals surface area contributed by atoms with Crippen LogP contribution in [0.15, 0.2) is 0 Å². The Kier molecular flexibility index (Phi) is 2.85. The van der Waals surface area contributed by atoms with E-state index in [1.165, 1.54) is 4.90 Å². The van der Waals surface area contributed by atoms with Crippen molar-refractivity contribution in [3.63, 3.8) is 0 Å². The Bertz CT molecular complexity index is 203. The van der Waals surface area contributed by atoms with Crippen LogP contribution in [0.4, 0.5) is 8.78 Å². The highest BCUT2D eigenvalue weighted by atomic mass is 19.3. The molecule has 1 atom stereocenters. The average molecular weight is 193 g/mol. The summed E-state index contributed by atoms with van der Waals surface area (Å²) in [4.78, 5) is 12.5. The lowest BCUT2D eigenvalue weighted by Gasteiger charge is -2.14. The molecule has 0 aromatic heterocycles. The lowest BCUT2D eigenvalue weighted by atomic mass is 10.1. The first-order chi connectivity index (χ1) is 5.88. The number of ether oxygens (including phenoxy) is 1. The molecule has 3 nitrogen and oxygen atoms in total. The normalized spacial score (nSPS) is 24.2. The molecular weight excluding hydrogens is 180 g/mol. The van der Waals surface area contributed by atoms with Crippen LogP contribution in [0.3, 0.4) is 0 Å². The van der Waals surface area contributed by atoms with Gasteiger partial charge in [0.05, 0.1) is 6.61 Å². The van der Waals surface area contributed by atoms with Gasteiger partial charge in [-0.1, -0.05) is 0 Å². The van der Waals surface area contributed by atoms with E-state index in [1.807, 2.05) is 0 Å². The van der Waals surface area contributed by atoms with Crippen LogP contribution in [-0.2, 0) is 9.53 Å². The van der Waals surface area contributed by atoms with Crippen molar-refractivity contribution in [1.29, 1.82) is 0 Å². The lowest BCUT2D eigenvalue weighted by molar-refractivity contribution is -0.229. The van der Waals surface area contributed by atoms with E-state index < -0.39 is 6.11 Å². The van der Waals surface area contributed by atoms with Gasteiger partial charge in [-0.2, -0.15) is 8.78 Å². The zero-order valence-corrected chi connectivity index (χ0v) is 7.72. The fourth-order valence-electron chi connectivity index (χ4n) is 1.33. The number of hydrogen-bond acceptors (Lipinski definition) is 2. The van der Waals surface area contributed by atoms with Gasteiger partial charge in [0, 0.05) is 32.9 Å². The van der Waals surface area contributed by atoms with Gasteiger partial charge in [-0.3, -0.25) is 4.79 Å². The molecule has 1 aliphatic heterocycles. The SMILES string of the molecule is CN1CC(COC(C)(F)F)CC1=O. The maximum Gasteiger partial charge on any atom is 0.352 e. The molecule has 1 heterocycles. The van der Waals surface area contributed by atoms with E-state index in [1.54, 1.807) is 7.05 Å². The summed E-state index contributed by atoms with van der Waals surface area (Å²) in [7, 11) is 1.66. The fourth-order valence-corrected chi connectivity index (χ4v) is 1.33. The van der Waals surface area contributed by atoms with Crippen molar-refractivity contribution >= 4 is 5.91 Å². The molecule has 1 aliphatic rings. The van der Waals surface area contributed by atoms with Crippen molar-refractivity contribution in [3.8, 4) is 0 Å². The second-order valence-electron chi connectivity index (χ2n) is 3.46. The molecule has 5 heteroatoms.